The molecule has 4 heteroatoms. The van der Waals surface area contributed by atoms with Gasteiger partial charge >= 0.3 is 0 Å². The number of nitrogens with one attached hydrogen (secondary N) is 1. The summed E-state index contributed by atoms with van der Waals surface area (Å²) in [5.41, 5.74) is 1.81. The average molecular weight is 310 g/mol. The topological polar surface area (TPSA) is 41.6 Å². The third kappa shape index (κ3) is 4.33. The van der Waals surface area contributed by atoms with Crippen molar-refractivity contribution < 1.29 is 9.53 Å². The van der Waals surface area contributed by atoms with Gasteiger partial charge in [0.05, 0.1) is 0 Å². The summed E-state index contributed by atoms with van der Waals surface area (Å²) in [5.74, 6) is 0.812. The minimum atomic E-state index is 0.0823. The summed E-state index contributed by atoms with van der Waals surface area (Å²) >= 11 is 0. The Kier molecular flexibility index (Phi) is 5.27. The monoisotopic (exact) mass is 310 g/mol. The van der Waals surface area contributed by atoms with Gasteiger partial charge in [-0.1, -0.05) is 36.4 Å². The van der Waals surface area contributed by atoms with Gasteiger partial charge < -0.3 is 15.0 Å². The molecule has 2 aromatic rings. The number of rotatable bonds is 4. The number of hydrogen-bond donors (Lipinski definition) is 1. The highest BCUT2D eigenvalue weighted by Crippen LogP contribution is 2.17. The summed E-state index contributed by atoms with van der Waals surface area (Å²) in [5, 5.41) is 3.31. The molecule has 0 radical (unpaired) electrons. The van der Waals surface area contributed by atoms with Gasteiger partial charge in [-0.05, 0) is 36.7 Å². The van der Waals surface area contributed by atoms with E-state index < -0.39 is 0 Å². The van der Waals surface area contributed by atoms with Crippen molar-refractivity contribution in [1.29, 1.82) is 0 Å². The van der Waals surface area contributed by atoms with Gasteiger partial charge in [-0.3, -0.25) is 4.79 Å². The predicted molar refractivity (Wildman–Crippen MR) is 90.6 cm³/mol. The molecule has 1 fully saturated rings. The molecule has 23 heavy (non-hydrogen) atoms. The van der Waals surface area contributed by atoms with E-state index in [0.717, 1.165) is 43.9 Å². The minimum Gasteiger partial charge on any atom is -0.489 e. The predicted octanol–water partition coefficient (Wildman–Crippen LogP) is 2.70. The normalized spacial score (nSPS) is 15.0. The van der Waals surface area contributed by atoms with Crippen LogP contribution in [-0.2, 0) is 6.61 Å². The Morgan fingerprint density at radius 1 is 1.04 bits per heavy atom. The van der Waals surface area contributed by atoms with Crippen LogP contribution in [0.2, 0.25) is 0 Å². The molecule has 1 aliphatic rings. The van der Waals surface area contributed by atoms with Crippen LogP contribution in [0.3, 0.4) is 0 Å². The number of nitrogens with zero attached hydrogens (tertiary/aromatic N) is 1. The number of benzene rings is 2. The van der Waals surface area contributed by atoms with Crippen molar-refractivity contribution in [1.82, 2.24) is 10.2 Å². The van der Waals surface area contributed by atoms with Crippen molar-refractivity contribution in [3.63, 3.8) is 0 Å². The van der Waals surface area contributed by atoms with Crippen LogP contribution >= 0.6 is 0 Å². The lowest BCUT2D eigenvalue weighted by Crippen LogP contribution is -2.34. The molecule has 4 nitrogen and oxygen atoms in total. The maximum absolute atomic E-state index is 12.6. The first kappa shape index (κ1) is 15.6. The van der Waals surface area contributed by atoms with Gasteiger partial charge in [0.15, 0.2) is 0 Å². The summed E-state index contributed by atoms with van der Waals surface area (Å²) in [7, 11) is 0. The summed E-state index contributed by atoms with van der Waals surface area (Å²) in [6.07, 6.45) is 0.996. The summed E-state index contributed by atoms with van der Waals surface area (Å²) in [6.45, 7) is 3.90. The van der Waals surface area contributed by atoms with E-state index in [-0.39, 0.29) is 5.91 Å². The first-order valence-electron chi connectivity index (χ1n) is 8.10. The molecule has 1 heterocycles. The smallest absolute Gasteiger partial charge is 0.254 e. The van der Waals surface area contributed by atoms with Crippen LogP contribution in [0.4, 0.5) is 0 Å². The molecule has 0 aromatic heterocycles. The van der Waals surface area contributed by atoms with E-state index in [0.29, 0.717) is 12.2 Å². The zero-order chi connectivity index (χ0) is 15.9. The van der Waals surface area contributed by atoms with Gasteiger partial charge in [-0.15, -0.1) is 0 Å². The first-order valence-corrected chi connectivity index (χ1v) is 8.10. The fourth-order valence-electron chi connectivity index (χ4n) is 2.69. The van der Waals surface area contributed by atoms with Crippen molar-refractivity contribution in [2.45, 2.75) is 13.0 Å². The Morgan fingerprint density at radius 2 is 1.91 bits per heavy atom. The van der Waals surface area contributed by atoms with Crippen molar-refractivity contribution in [2.75, 3.05) is 26.2 Å². The van der Waals surface area contributed by atoms with Crippen LogP contribution in [0, 0.1) is 0 Å². The largest absolute Gasteiger partial charge is 0.489 e. The quantitative estimate of drug-likeness (QED) is 0.944. The van der Waals surface area contributed by atoms with Gasteiger partial charge in [0.25, 0.3) is 5.91 Å². The van der Waals surface area contributed by atoms with Crippen molar-refractivity contribution in [3.8, 4) is 5.75 Å². The third-order valence-corrected chi connectivity index (χ3v) is 3.96. The van der Waals surface area contributed by atoms with Crippen LogP contribution in [0.15, 0.2) is 54.6 Å². The van der Waals surface area contributed by atoms with E-state index in [9.17, 15) is 4.79 Å². The molecule has 0 atom stereocenters. The lowest BCUT2D eigenvalue weighted by Gasteiger charge is -2.20. The fourth-order valence-corrected chi connectivity index (χ4v) is 2.69. The minimum absolute atomic E-state index is 0.0823. The average Bonchev–Trinajstić information content (AvgIpc) is 2.90. The van der Waals surface area contributed by atoms with Crippen molar-refractivity contribution in [2.24, 2.45) is 0 Å². The van der Waals surface area contributed by atoms with Crippen LogP contribution in [0.1, 0.15) is 22.3 Å². The highest BCUT2D eigenvalue weighted by atomic mass is 16.5. The lowest BCUT2D eigenvalue weighted by atomic mass is 10.2. The van der Waals surface area contributed by atoms with Crippen molar-refractivity contribution >= 4 is 5.91 Å². The van der Waals surface area contributed by atoms with Crippen molar-refractivity contribution in [3.05, 3.63) is 65.7 Å². The molecule has 0 aliphatic carbocycles. The molecule has 1 aliphatic heterocycles. The Labute approximate surface area is 137 Å². The maximum Gasteiger partial charge on any atom is 0.254 e. The molecule has 1 N–H and O–H groups in total. The summed E-state index contributed by atoms with van der Waals surface area (Å²) in [6, 6.07) is 17.5. The fraction of sp³-hybridized carbons (Fsp3) is 0.316. The van der Waals surface area contributed by atoms with Crippen LogP contribution in [0.5, 0.6) is 5.75 Å². The second kappa shape index (κ2) is 7.79. The highest BCUT2D eigenvalue weighted by molar-refractivity contribution is 5.94. The van der Waals surface area contributed by atoms with Crippen LogP contribution in [0.25, 0.3) is 0 Å². The molecular weight excluding hydrogens is 288 g/mol. The molecular formula is C19H22N2O2. The Bertz CT molecular complexity index is 635. The second-order valence-corrected chi connectivity index (χ2v) is 5.70. The third-order valence-electron chi connectivity index (χ3n) is 3.96. The SMILES string of the molecule is O=C(c1cccc(OCc2ccccc2)c1)N1CCCNCC1. The number of hydrogen-bond acceptors (Lipinski definition) is 3. The van der Waals surface area contributed by atoms with Gasteiger partial charge in [-0.2, -0.15) is 0 Å². The highest BCUT2D eigenvalue weighted by Gasteiger charge is 2.17. The van der Waals surface area contributed by atoms with E-state index >= 15 is 0 Å². The molecule has 1 amide bonds. The molecule has 0 bridgehead atoms. The Morgan fingerprint density at radius 3 is 2.78 bits per heavy atom. The molecule has 1 saturated heterocycles. The molecule has 0 saturated carbocycles. The number of amides is 1. The van der Waals surface area contributed by atoms with Gasteiger partial charge in [0.1, 0.15) is 12.4 Å². The van der Waals surface area contributed by atoms with Gasteiger partial charge in [0, 0.05) is 25.2 Å². The van der Waals surface area contributed by atoms with E-state index in [1.165, 1.54) is 0 Å². The standard InChI is InChI=1S/C19H22N2O2/c22-19(21-12-5-10-20-11-13-21)17-8-4-9-18(14-17)23-15-16-6-2-1-3-7-16/h1-4,6-9,14,20H,5,10-13,15H2. The second-order valence-electron chi connectivity index (χ2n) is 5.70. The Hall–Kier alpha value is -2.33. The van der Waals surface area contributed by atoms with E-state index in [2.05, 4.69) is 5.32 Å². The van der Waals surface area contributed by atoms with E-state index in [1.807, 2.05) is 59.5 Å². The van der Waals surface area contributed by atoms with Gasteiger partial charge in [-0.25, -0.2) is 0 Å². The maximum atomic E-state index is 12.6. The zero-order valence-electron chi connectivity index (χ0n) is 13.2. The number of carbonyl (C=O) groups is 1. The molecule has 3 rings (SSSR count). The lowest BCUT2D eigenvalue weighted by molar-refractivity contribution is 0.0766. The van der Waals surface area contributed by atoms with Crippen LogP contribution in [-0.4, -0.2) is 37.0 Å². The molecule has 0 spiro atoms. The van der Waals surface area contributed by atoms with E-state index in [4.69, 9.17) is 4.74 Å². The van der Waals surface area contributed by atoms with E-state index in [1.54, 1.807) is 0 Å². The molecule has 2 aromatic carbocycles. The first-order chi connectivity index (χ1) is 11.3. The summed E-state index contributed by atoms with van der Waals surface area (Å²) < 4.78 is 5.81. The van der Waals surface area contributed by atoms with Crippen LogP contribution < -0.4 is 10.1 Å². The zero-order valence-corrected chi connectivity index (χ0v) is 13.2. The van der Waals surface area contributed by atoms with Gasteiger partial charge in [0.2, 0.25) is 0 Å². The molecule has 120 valence electrons. The summed E-state index contributed by atoms with van der Waals surface area (Å²) in [4.78, 5) is 14.5. The Balaban J connectivity index is 1.65. The number of carbonyl (C=O) groups excluding carboxylic acids is 1. The number of ether oxygens (including phenoxy) is 1. The molecule has 0 unspecified atom stereocenters.